The number of benzene rings is 18. The van der Waals surface area contributed by atoms with Crippen molar-refractivity contribution in [1.82, 2.24) is 83.9 Å². The van der Waals surface area contributed by atoms with Crippen molar-refractivity contribution in [3.05, 3.63) is 471 Å². The van der Waals surface area contributed by atoms with Crippen LogP contribution in [0.2, 0.25) is 0 Å². The van der Waals surface area contributed by atoms with Crippen molar-refractivity contribution >= 4 is 49.3 Å². The molecule has 20 nitrogen and oxygen atoms in total. The van der Waals surface area contributed by atoms with Gasteiger partial charge >= 0.3 is 0 Å². The summed E-state index contributed by atoms with van der Waals surface area (Å²) in [6.45, 7) is 7.82. The van der Waals surface area contributed by atoms with Gasteiger partial charge in [0.15, 0.2) is 93.1 Å². The lowest BCUT2D eigenvalue weighted by Crippen LogP contribution is -2.06. The van der Waals surface area contributed by atoms with Crippen molar-refractivity contribution in [2.24, 2.45) is 0 Å². The molecule has 0 saturated carbocycles. The molecule has 0 radical (unpaired) electrons. The van der Waals surface area contributed by atoms with E-state index < -0.39 is 0 Å². The highest BCUT2D eigenvalue weighted by atomic mass is 15.1. The Balaban J connectivity index is 0.755. The lowest BCUT2D eigenvalue weighted by molar-refractivity contribution is 1.06. The van der Waals surface area contributed by atoms with Gasteiger partial charge in [-0.05, 0) is 155 Å². The summed E-state index contributed by atoms with van der Waals surface area (Å²) in [5.41, 5.74) is 22.3. The lowest BCUT2D eigenvalue weighted by Gasteiger charge is -2.18. The molecule has 146 heavy (non-hydrogen) atoms. The van der Waals surface area contributed by atoms with Crippen molar-refractivity contribution in [1.29, 1.82) is 10.5 Å². The predicted octanol–water partition coefficient (Wildman–Crippen LogP) is 29.1. The quantitative estimate of drug-likeness (QED) is 0.0643. The third kappa shape index (κ3) is 16.7. The van der Waals surface area contributed by atoms with Gasteiger partial charge in [0, 0.05) is 105 Å². The molecule has 7 heterocycles. The summed E-state index contributed by atoms with van der Waals surface area (Å²) in [7, 11) is 0. The lowest BCUT2D eigenvalue weighted by atomic mass is 9.99. The SMILES string of the molecule is [C-]#[N+]c1ccc(-c2ccc(-c3nc(-c4ccc(-c5cccc(C#N)c5)cc4-n4c5ccc(-c6nc(-c7ccccc7)nc(-c7ccccc7)n6)cc5c5cc(-c6nc(-c7ccccc7)nc(-c7ccccc7)n6)ccc54)nc(-c4ccc(-c5cccc(C#N)c5)cc4-n4c5ccc(-c6nc(-c7ccccc7)nc(-c7ccccc7)n6)cc5c5cc(-c6nc(-c7ccccc7)nc(-c7ccccc7)n6)ccc54)n3)cc2)cc1. The largest absolute Gasteiger partial charge is 0.308 e. The fourth-order valence-corrected chi connectivity index (χ4v) is 18.9. The molecule has 0 aliphatic heterocycles. The first-order valence-corrected chi connectivity index (χ1v) is 47.4. The van der Waals surface area contributed by atoms with E-state index in [4.69, 9.17) is 81.3 Å². The Morgan fingerprint density at radius 1 is 0.171 bits per heavy atom. The van der Waals surface area contributed by atoms with Crippen LogP contribution in [0.15, 0.2) is 449 Å². The molecule has 0 aliphatic carbocycles. The topological polar surface area (TPSA) is 255 Å². The molecule has 0 amide bonds. The van der Waals surface area contributed by atoms with Gasteiger partial charge in [-0.15, -0.1) is 0 Å². The van der Waals surface area contributed by atoms with Gasteiger partial charge in [-0.3, -0.25) is 0 Å². The zero-order valence-corrected chi connectivity index (χ0v) is 77.7. The van der Waals surface area contributed by atoms with Crippen LogP contribution in [0.4, 0.5) is 5.69 Å². The van der Waals surface area contributed by atoms with Gasteiger partial charge in [0.05, 0.1) is 63.3 Å². The zero-order valence-electron chi connectivity index (χ0n) is 77.7. The molecule has 25 aromatic rings. The molecule has 0 N–H and O–H groups in total. The van der Waals surface area contributed by atoms with Crippen LogP contribution in [0.3, 0.4) is 0 Å². The minimum atomic E-state index is 0.302. The number of hydrogen-bond donors (Lipinski definition) is 0. The highest BCUT2D eigenvalue weighted by molar-refractivity contribution is 6.14. The van der Waals surface area contributed by atoms with E-state index >= 15 is 0 Å². The van der Waals surface area contributed by atoms with Crippen LogP contribution in [0.5, 0.6) is 0 Å². The summed E-state index contributed by atoms with van der Waals surface area (Å²) < 4.78 is 4.53. The molecule has 25 rings (SSSR count). The van der Waals surface area contributed by atoms with Gasteiger partial charge < -0.3 is 9.13 Å². The van der Waals surface area contributed by atoms with E-state index in [0.29, 0.717) is 132 Å². The fourth-order valence-electron chi connectivity index (χ4n) is 18.9. The number of aromatic nitrogens is 17. The molecular formula is C126H74N20. The van der Waals surface area contributed by atoms with Crippen molar-refractivity contribution in [2.45, 2.75) is 0 Å². The van der Waals surface area contributed by atoms with Gasteiger partial charge in [0.2, 0.25) is 0 Å². The maximum absolute atomic E-state index is 10.7. The van der Waals surface area contributed by atoms with E-state index in [-0.39, 0.29) is 0 Å². The number of hydrogen-bond acceptors (Lipinski definition) is 17. The standard InChI is InChI=1S/C126H74N20/c1-129-99-60-52-81(53-61-99)80-48-50-90(51-49-80)120-142-125(100-62-54-93(91-46-26-28-78(68-91)76-127)74-110(100)145-106-64-56-95(121-134-112(82-30-10-2-11-31-82)130-113(135-121)83-32-12-3-13-33-83)70-102(106)103-71-96(57-65-107(103)145)122-136-114(84-34-14-4-15-35-84)131-115(137-122)85-36-16-5-17-37-85)144-126(143-120)101-63-55-94(92-47-27-29-79(69-92)77-128)75-111(101)146-108-66-58-97(123-138-116(86-38-18-6-19-39-86)132-117(139-123)87-40-20-7-21-41-87)72-104(108)105-73-98(59-67-109(105)146)124-140-118(88-42-22-8-23-43-88)133-119(141-124)89-44-24-9-25-45-89/h2-75H. The second-order valence-electron chi connectivity index (χ2n) is 35.1. The van der Waals surface area contributed by atoms with Gasteiger partial charge in [0.25, 0.3) is 0 Å². The highest BCUT2D eigenvalue weighted by Gasteiger charge is 2.29. The molecule has 0 saturated heterocycles. The third-order valence-electron chi connectivity index (χ3n) is 26.1. The second-order valence-corrected chi connectivity index (χ2v) is 35.1. The summed E-state index contributed by atoms with van der Waals surface area (Å²) in [6.07, 6.45) is 0. The van der Waals surface area contributed by atoms with E-state index in [1.54, 1.807) is 0 Å². The molecule has 20 heteroatoms. The smallest absolute Gasteiger partial charge is 0.187 e. The molecule has 0 spiro atoms. The molecule has 0 atom stereocenters. The Hall–Kier alpha value is -20.9. The van der Waals surface area contributed by atoms with Crippen molar-refractivity contribution in [3.8, 4) is 228 Å². The van der Waals surface area contributed by atoms with Crippen LogP contribution < -0.4 is 0 Å². The van der Waals surface area contributed by atoms with E-state index in [9.17, 15) is 10.5 Å². The summed E-state index contributed by atoms with van der Waals surface area (Å²) in [5, 5.41) is 24.7. The van der Waals surface area contributed by atoms with Crippen molar-refractivity contribution in [2.75, 3.05) is 0 Å². The van der Waals surface area contributed by atoms with Gasteiger partial charge in [0.1, 0.15) is 0 Å². The van der Waals surface area contributed by atoms with Gasteiger partial charge in [-0.25, -0.2) is 79.6 Å². The van der Waals surface area contributed by atoms with Crippen LogP contribution in [0, 0.1) is 29.2 Å². The molecule has 0 aliphatic rings. The van der Waals surface area contributed by atoms with Crippen LogP contribution in [-0.2, 0) is 0 Å². The predicted molar refractivity (Wildman–Crippen MR) is 576 cm³/mol. The first-order chi connectivity index (χ1) is 72.1. The minimum absolute atomic E-state index is 0.302. The molecule has 0 unspecified atom stereocenters. The molecular weight excluding hydrogens is 1790 g/mol. The van der Waals surface area contributed by atoms with Crippen LogP contribution in [-0.4, -0.2) is 83.9 Å². The van der Waals surface area contributed by atoms with E-state index in [2.05, 4.69) is 135 Å². The first-order valence-electron chi connectivity index (χ1n) is 47.4. The number of fused-ring (bicyclic) bond motifs is 6. The number of nitrogens with zero attached hydrogens (tertiary/aromatic N) is 20. The highest BCUT2D eigenvalue weighted by Crippen LogP contribution is 2.46. The van der Waals surface area contributed by atoms with E-state index in [1.807, 2.05) is 340 Å². The summed E-state index contributed by atoms with van der Waals surface area (Å²) >= 11 is 0. The summed E-state index contributed by atoms with van der Waals surface area (Å²) in [5.74, 6) is 6.80. The Kier molecular flexibility index (Phi) is 22.2. The van der Waals surface area contributed by atoms with Crippen molar-refractivity contribution in [3.63, 3.8) is 0 Å². The second kappa shape index (κ2) is 37.4. The average molecular weight is 1870 g/mol. The van der Waals surface area contributed by atoms with Crippen LogP contribution >= 0.6 is 0 Å². The van der Waals surface area contributed by atoms with Gasteiger partial charge in [-0.1, -0.05) is 328 Å². The first kappa shape index (κ1) is 86.6. The van der Waals surface area contributed by atoms with Crippen LogP contribution in [0.25, 0.3) is 264 Å². The molecule has 18 aromatic carbocycles. The number of rotatable bonds is 20. The molecule has 678 valence electrons. The molecule has 0 fully saturated rings. The Bertz CT molecular complexity index is 8460. The maximum atomic E-state index is 10.7. The van der Waals surface area contributed by atoms with E-state index in [1.165, 1.54) is 0 Å². The Labute approximate surface area is 837 Å². The Morgan fingerprint density at radius 2 is 0.363 bits per heavy atom. The number of nitriles is 2. The normalized spacial score (nSPS) is 11.3. The van der Waals surface area contributed by atoms with Gasteiger partial charge in [-0.2, -0.15) is 10.5 Å². The average Bonchev–Trinajstić information content (AvgIpc) is 1.60. The molecule has 7 aromatic heterocycles. The zero-order chi connectivity index (χ0) is 97.5. The Morgan fingerprint density at radius 3 is 0.610 bits per heavy atom. The molecule has 0 bridgehead atoms. The van der Waals surface area contributed by atoms with Crippen LogP contribution in [0.1, 0.15) is 11.1 Å². The summed E-state index contributed by atoms with van der Waals surface area (Å²) in [4.78, 5) is 84.2. The van der Waals surface area contributed by atoms with Crippen molar-refractivity contribution < 1.29 is 0 Å². The third-order valence-corrected chi connectivity index (χ3v) is 26.1. The monoisotopic (exact) mass is 1870 g/mol. The summed E-state index contributed by atoms with van der Waals surface area (Å²) in [6, 6.07) is 153. The fraction of sp³-hybridized carbons (Fsp3) is 0. The maximum Gasteiger partial charge on any atom is 0.187 e. The van der Waals surface area contributed by atoms with E-state index in [0.717, 1.165) is 144 Å². The minimum Gasteiger partial charge on any atom is -0.308 e.